The second-order valence-corrected chi connectivity index (χ2v) is 2.99. The molecular formula is C10H12OS. The number of benzene rings is 1. The lowest BCUT2D eigenvalue weighted by Crippen LogP contribution is -2.03. The van der Waals surface area contributed by atoms with Gasteiger partial charge in [0.05, 0.1) is 0 Å². The Hall–Kier alpha value is -0.890. The average molecular weight is 180 g/mol. The quantitative estimate of drug-likeness (QED) is 0.661. The maximum Gasteiger partial charge on any atom is 0.167 e. The van der Waals surface area contributed by atoms with Crippen LogP contribution in [0.2, 0.25) is 0 Å². The van der Waals surface area contributed by atoms with Crippen molar-refractivity contribution in [2.45, 2.75) is 19.8 Å². The molecule has 12 heavy (non-hydrogen) atoms. The minimum atomic E-state index is 0.670. The first-order valence-electron chi connectivity index (χ1n) is 4.08. The van der Waals surface area contributed by atoms with E-state index >= 15 is 0 Å². The van der Waals surface area contributed by atoms with E-state index in [-0.39, 0.29) is 0 Å². The summed E-state index contributed by atoms with van der Waals surface area (Å²) < 4.78 is 5.39. The van der Waals surface area contributed by atoms with E-state index in [1.54, 1.807) is 0 Å². The summed E-state index contributed by atoms with van der Waals surface area (Å²) in [6, 6.07) is 9.63. The molecule has 0 aliphatic heterocycles. The lowest BCUT2D eigenvalue weighted by molar-refractivity contribution is 0.545. The van der Waals surface area contributed by atoms with Crippen molar-refractivity contribution in [1.29, 1.82) is 0 Å². The molecule has 0 saturated heterocycles. The molecule has 0 bridgehead atoms. The van der Waals surface area contributed by atoms with E-state index < -0.39 is 0 Å². The van der Waals surface area contributed by atoms with Crippen LogP contribution in [-0.4, -0.2) is 5.05 Å². The lowest BCUT2D eigenvalue weighted by atomic mass is 10.3. The topological polar surface area (TPSA) is 9.23 Å². The zero-order valence-electron chi connectivity index (χ0n) is 7.12. The van der Waals surface area contributed by atoms with Crippen molar-refractivity contribution in [1.82, 2.24) is 0 Å². The van der Waals surface area contributed by atoms with Crippen LogP contribution in [0, 0.1) is 0 Å². The fourth-order valence-corrected chi connectivity index (χ4v) is 1.18. The molecule has 0 fully saturated rings. The summed E-state index contributed by atoms with van der Waals surface area (Å²) in [6.07, 6.45) is 1.88. The van der Waals surface area contributed by atoms with Crippen LogP contribution in [0.4, 0.5) is 0 Å². The Morgan fingerprint density at radius 3 is 2.58 bits per heavy atom. The van der Waals surface area contributed by atoms with Crippen molar-refractivity contribution in [3.63, 3.8) is 0 Å². The highest BCUT2D eigenvalue weighted by atomic mass is 32.1. The Kier molecular flexibility index (Phi) is 3.74. The molecule has 0 unspecified atom stereocenters. The second-order valence-electron chi connectivity index (χ2n) is 2.54. The maximum atomic E-state index is 5.39. The Bertz CT molecular complexity index is 243. The van der Waals surface area contributed by atoms with Gasteiger partial charge in [-0.25, -0.2) is 0 Å². The highest BCUT2D eigenvalue weighted by Gasteiger charge is 1.96. The van der Waals surface area contributed by atoms with E-state index in [1.807, 2.05) is 30.3 Å². The smallest absolute Gasteiger partial charge is 0.167 e. The number of rotatable bonds is 3. The molecule has 1 aromatic rings. The van der Waals surface area contributed by atoms with E-state index in [1.165, 1.54) is 0 Å². The van der Waals surface area contributed by atoms with Gasteiger partial charge < -0.3 is 4.74 Å². The number of thiocarbonyl (C=S) groups is 1. The van der Waals surface area contributed by atoms with E-state index in [9.17, 15) is 0 Å². The van der Waals surface area contributed by atoms with Crippen LogP contribution >= 0.6 is 12.2 Å². The zero-order chi connectivity index (χ0) is 8.81. The summed E-state index contributed by atoms with van der Waals surface area (Å²) in [5.74, 6) is 0.830. The van der Waals surface area contributed by atoms with Crippen LogP contribution in [0.1, 0.15) is 19.8 Å². The standard InChI is InChI=1S/C10H12OS/c1-2-6-10(12)11-9-7-4-3-5-8-9/h3-5,7-8H,2,6H2,1H3. The molecule has 0 spiro atoms. The molecule has 0 aromatic heterocycles. The van der Waals surface area contributed by atoms with E-state index in [0.717, 1.165) is 18.6 Å². The summed E-state index contributed by atoms with van der Waals surface area (Å²) in [4.78, 5) is 0. The number of para-hydroxylation sites is 1. The molecule has 0 saturated carbocycles. The Labute approximate surface area is 78.4 Å². The van der Waals surface area contributed by atoms with Gasteiger partial charge in [-0.3, -0.25) is 0 Å². The summed E-state index contributed by atoms with van der Waals surface area (Å²) >= 11 is 5.01. The molecule has 1 rings (SSSR count). The van der Waals surface area contributed by atoms with Crippen molar-refractivity contribution in [3.8, 4) is 5.75 Å². The molecule has 64 valence electrons. The van der Waals surface area contributed by atoms with Gasteiger partial charge in [0.25, 0.3) is 0 Å². The SMILES string of the molecule is CCCC(=S)Oc1ccccc1. The first kappa shape index (κ1) is 9.20. The van der Waals surface area contributed by atoms with Crippen molar-refractivity contribution >= 4 is 17.3 Å². The third-order valence-electron chi connectivity index (χ3n) is 1.43. The largest absolute Gasteiger partial charge is 0.450 e. The van der Waals surface area contributed by atoms with E-state index in [0.29, 0.717) is 5.05 Å². The van der Waals surface area contributed by atoms with E-state index in [4.69, 9.17) is 17.0 Å². The average Bonchev–Trinajstić information content (AvgIpc) is 2.06. The molecule has 0 radical (unpaired) electrons. The second kappa shape index (κ2) is 4.88. The molecule has 2 heteroatoms. The van der Waals surface area contributed by atoms with E-state index in [2.05, 4.69) is 6.92 Å². The summed E-state index contributed by atoms with van der Waals surface area (Å²) in [5, 5.41) is 0.670. The molecule has 1 nitrogen and oxygen atoms in total. The van der Waals surface area contributed by atoms with Gasteiger partial charge in [-0.2, -0.15) is 0 Å². The van der Waals surface area contributed by atoms with Crippen LogP contribution in [0.15, 0.2) is 30.3 Å². The molecular weight excluding hydrogens is 168 g/mol. The molecule has 0 aliphatic carbocycles. The highest BCUT2D eigenvalue weighted by molar-refractivity contribution is 7.80. The fraction of sp³-hybridized carbons (Fsp3) is 0.300. The van der Waals surface area contributed by atoms with Gasteiger partial charge in [0, 0.05) is 6.42 Å². The monoisotopic (exact) mass is 180 g/mol. The van der Waals surface area contributed by atoms with Gasteiger partial charge in [0.2, 0.25) is 0 Å². The molecule has 0 atom stereocenters. The van der Waals surface area contributed by atoms with Gasteiger partial charge in [-0.1, -0.05) is 25.1 Å². The number of hydrogen-bond acceptors (Lipinski definition) is 2. The summed E-state index contributed by atoms with van der Waals surface area (Å²) in [7, 11) is 0. The van der Waals surface area contributed by atoms with Crippen LogP contribution in [0.3, 0.4) is 0 Å². The predicted octanol–water partition coefficient (Wildman–Crippen LogP) is 3.19. The third-order valence-corrected chi connectivity index (χ3v) is 1.72. The Morgan fingerprint density at radius 2 is 2.00 bits per heavy atom. The van der Waals surface area contributed by atoms with Gasteiger partial charge in [0.15, 0.2) is 5.05 Å². The number of ether oxygens (including phenoxy) is 1. The zero-order valence-corrected chi connectivity index (χ0v) is 7.93. The first-order valence-corrected chi connectivity index (χ1v) is 4.49. The van der Waals surface area contributed by atoms with Gasteiger partial charge in [0.1, 0.15) is 5.75 Å². The van der Waals surface area contributed by atoms with Gasteiger partial charge in [-0.15, -0.1) is 0 Å². The maximum absolute atomic E-state index is 5.39. The summed E-state index contributed by atoms with van der Waals surface area (Å²) in [5.41, 5.74) is 0. The van der Waals surface area contributed by atoms with Crippen LogP contribution in [-0.2, 0) is 0 Å². The highest BCUT2D eigenvalue weighted by Crippen LogP contribution is 2.10. The van der Waals surface area contributed by atoms with Gasteiger partial charge >= 0.3 is 0 Å². The number of hydrogen-bond donors (Lipinski definition) is 0. The fourth-order valence-electron chi connectivity index (χ4n) is 0.875. The van der Waals surface area contributed by atoms with Crippen LogP contribution < -0.4 is 4.74 Å². The summed E-state index contributed by atoms with van der Waals surface area (Å²) in [6.45, 7) is 2.08. The molecule has 0 amide bonds. The van der Waals surface area contributed by atoms with Crippen molar-refractivity contribution < 1.29 is 4.74 Å². The Balaban J connectivity index is 2.47. The van der Waals surface area contributed by atoms with Crippen LogP contribution in [0.5, 0.6) is 5.75 Å². The minimum absolute atomic E-state index is 0.670. The van der Waals surface area contributed by atoms with Crippen LogP contribution in [0.25, 0.3) is 0 Å². The molecule has 1 aromatic carbocycles. The first-order chi connectivity index (χ1) is 5.83. The molecule has 0 heterocycles. The Morgan fingerprint density at radius 1 is 1.33 bits per heavy atom. The van der Waals surface area contributed by atoms with Crippen molar-refractivity contribution in [2.24, 2.45) is 0 Å². The minimum Gasteiger partial charge on any atom is -0.450 e. The predicted molar refractivity (Wildman–Crippen MR) is 54.6 cm³/mol. The molecule has 0 N–H and O–H groups in total. The van der Waals surface area contributed by atoms with Gasteiger partial charge in [-0.05, 0) is 30.8 Å². The van der Waals surface area contributed by atoms with Crippen molar-refractivity contribution in [3.05, 3.63) is 30.3 Å². The normalized spacial score (nSPS) is 9.42. The third kappa shape index (κ3) is 3.01. The molecule has 0 aliphatic rings. The lowest BCUT2D eigenvalue weighted by Gasteiger charge is -2.04. The van der Waals surface area contributed by atoms with Crippen molar-refractivity contribution in [2.75, 3.05) is 0 Å².